The minimum absolute atomic E-state index is 0.225. The van der Waals surface area contributed by atoms with E-state index in [1.165, 1.54) is 38.5 Å². The molecule has 0 aliphatic heterocycles. The first-order chi connectivity index (χ1) is 14.9. The summed E-state index contributed by atoms with van der Waals surface area (Å²) >= 11 is 0. The zero-order valence-corrected chi connectivity index (χ0v) is 17.7. The highest BCUT2D eigenvalue weighted by molar-refractivity contribution is 7.92. The van der Waals surface area contributed by atoms with Crippen LogP contribution in [0, 0.1) is 5.82 Å². The number of carbonyl (C=O) groups excluding carboxylic acids is 1. The van der Waals surface area contributed by atoms with Crippen molar-refractivity contribution in [1.82, 2.24) is 0 Å². The second-order valence-electron chi connectivity index (χ2n) is 6.39. The summed E-state index contributed by atoms with van der Waals surface area (Å²) in [6.45, 7) is -0.574. The molecule has 3 aromatic rings. The number of para-hydroxylation sites is 1. The van der Waals surface area contributed by atoms with Crippen molar-refractivity contribution in [3.05, 3.63) is 78.6 Å². The van der Waals surface area contributed by atoms with E-state index in [0.29, 0.717) is 17.2 Å². The fourth-order valence-electron chi connectivity index (χ4n) is 2.90. The van der Waals surface area contributed by atoms with Gasteiger partial charge < -0.3 is 14.8 Å². The van der Waals surface area contributed by atoms with Crippen molar-refractivity contribution in [1.29, 1.82) is 0 Å². The van der Waals surface area contributed by atoms with E-state index in [0.717, 1.165) is 16.4 Å². The van der Waals surface area contributed by atoms with Crippen LogP contribution in [0.1, 0.15) is 0 Å². The van der Waals surface area contributed by atoms with Crippen LogP contribution in [0.5, 0.6) is 11.5 Å². The zero-order chi connectivity index (χ0) is 22.4. The lowest BCUT2D eigenvalue weighted by Crippen LogP contribution is -2.38. The lowest BCUT2D eigenvalue weighted by Gasteiger charge is -2.24. The minimum Gasteiger partial charge on any atom is -0.497 e. The second kappa shape index (κ2) is 9.48. The fraction of sp³-hybridized carbons (Fsp3) is 0.136. The molecule has 0 spiro atoms. The maximum absolute atomic E-state index is 14.3. The van der Waals surface area contributed by atoms with Crippen LogP contribution in [0.2, 0.25) is 0 Å². The van der Waals surface area contributed by atoms with E-state index in [-0.39, 0.29) is 5.69 Å². The summed E-state index contributed by atoms with van der Waals surface area (Å²) in [6.07, 6.45) is 0. The van der Waals surface area contributed by atoms with Gasteiger partial charge in [-0.1, -0.05) is 30.3 Å². The number of nitrogens with one attached hydrogen (secondary N) is 1. The van der Waals surface area contributed by atoms with Crippen molar-refractivity contribution in [3.8, 4) is 11.5 Å². The Balaban J connectivity index is 1.93. The lowest BCUT2D eigenvalue weighted by atomic mass is 10.2. The van der Waals surface area contributed by atoms with E-state index in [9.17, 15) is 17.6 Å². The average Bonchev–Trinajstić information content (AvgIpc) is 2.78. The van der Waals surface area contributed by atoms with Crippen LogP contribution < -0.4 is 19.1 Å². The van der Waals surface area contributed by atoms with Gasteiger partial charge in [0.1, 0.15) is 28.8 Å². The Kier molecular flexibility index (Phi) is 6.76. The molecule has 0 fully saturated rings. The topological polar surface area (TPSA) is 84.9 Å². The Labute approximate surface area is 180 Å². The summed E-state index contributed by atoms with van der Waals surface area (Å²) in [5.41, 5.74) is 0.562. The number of hydrogen-bond acceptors (Lipinski definition) is 5. The van der Waals surface area contributed by atoms with Crippen LogP contribution in [-0.4, -0.2) is 35.1 Å². The van der Waals surface area contributed by atoms with Crippen molar-refractivity contribution >= 4 is 27.3 Å². The monoisotopic (exact) mass is 444 g/mol. The molecule has 31 heavy (non-hydrogen) atoms. The Bertz CT molecular complexity index is 1170. The number of nitrogens with zero attached hydrogens (tertiary/aromatic N) is 1. The number of sulfonamides is 1. The molecule has 0 aliphatic carbocycles. The van der Waals surface area contributed by atoms with Crippen molar-refractivity contribution in [3.63, 3.8) is 0 Å². The van der Waals surface area contributed by atoms with Crippen LogP contribution in [0.3, 0.4) is 0 Å². The number of halogens is 1. The van der Waals surface area contributed by atoms with Crippen molar-refractivity contribution in [2.45, 2.75) is 4.90 Å². The predicted octanol–water partition coefficient (Wildman–Crippen LogP) is 3.68. The van der Waals surface area contributed by atoms with Gasteiger partial charge in [-0.05, 0) is 36.4 Å². The van der Waals surface area contributed by atoms with Gasteiger partial charge in [-0.15, -0.1) is 0 Å². The number of amides is 1. The van der Waals surface area contributed by atoms with Gasteiger partial charge in [0.2, 0.25) is 5.91 Å². The molecule has 0 radical (unpaired) electrons. The highest BCUT2D eigenvalue weighted by Gasteiger charge is 2.29. The zero-order valence-electron chi connectivity index (χ0n) is 16.9. The summed E-state index contributed by atoms with van der Waals surface area (Å²) in [4.78, 5) is 12.3. The normalized spacial score (nSPS) is 10.9. The third-order valence-corrected chi connectivity index (χ3v) is 6.23. The molecule has 3 aromatic carbocycles. The SMILES string of the molecule is COc1ccc(NC(=O)CN(c2ccccc2)S(=O)(=O)c2ccccc2F)c(OC)c1. The lowest BCUT2D eigenvalue weighted by molar-refractivity contribution is -0.114. The molecule has 0 atom stereocenters. The summed E-state index contributed by atoms with van der Waals surface area (Å²) in [5.74, 6) is -0.660. The standard InChI is InChI=1S/C22H21FN2O5S/c1-29-17-12-13-19(20(14-17)30-2)24-22(26)15-25(16-8-4-3-5-9-16)31(27,28)21-11-7-6-10-18(21)23/h3-14H,15H2,1-2H3,(H,24,26). The number of hydrogen-bond donors (Lipinski definition) is 1. The molecule has 1 N–H and O–H groups in total. The van der Waals surface area contributed by atoms with E-state index in [1.54, 1.807) is 36.4 Å². The molecule has 7 nitrogen and oxygen atoms in total. The Morgan fingerprint density at radius 3 is 2.29 bits per heavy atom. The molecule has 1 amide bonds. The third kappa shape index (κ3) is 4.95. The molecular formula is C22H21FN2O5S. The summed E-state index contributed by atoms with van der Waals surface area (Å²) in [6, 6.07) is 17.8. The molecule has 0 aromatic heterocycles. The first-order valence-electron chi connectivity index (χ1n) is 9.21. The number of ether oxygens (including phenoxy) is 2. The molecule has 162 valence electrons. The number of benzene rings is 3. The van der Waals surface area contributed by atoms with Gasteiger partial charge in [0, 0.05) is 6.07 Å². The van der Waals surface area contributed by atoms with Crippen LogP contribution in [0.4, 0.5) is 15.8 Å². The third-order valence-electron chi connectivity index (χ3n) is 4.42. The van der Waals surface area contributed by atoms with E-state index < -0.39 is 33.2 Å². The fourth-order valence-corrected chi connectivity index (χ4v) is 4.39. The van der Waals surface area contributed by atoms with Gasteiger partial charge in [0.25, 0.3) is 10.0 Å². The van der Waals surface area contributed by atoms with Crippen molar-refractivity contribution < 1.29 is 27.1 Å². The molecular weight excluding hydrogens is 423 g/mol. The van der Waals surface area contributed by atoms with Crippen LogP contribution in [-0.2, 0) is 14.8 Å². The first-order valence-corrected chi connectivity index (χ1v) is 10.6. The molecule has 0 unspecified atom stereocenters. The van der Waals surface area contributed by atoms with E-state index in [1.807, 2.05) is 0 Å². The minimum atomic E-state index is -4.35. The van der Waals surface area contributed by atoms with Gasteiger partial charge in [-0.3, -0.25) is 9.10 Å². The van der Waals surface area contributed by atoms with Gasteiger partial charge in [-0.2, -0.15) is 0 Å². The maximum Gasteiger partial charge on any atom is 0.267 e. The van der Waals surface area contributed by atoms with Crippen molar-refractivity contribution in [2.75, 3.05) is 30.4 Å². The van der Waals surface area contributed by atoms with Crippen LogP contribution in [0.15, 0.2) is 77.7 Å². The molecule has 3 rings (SSSR count). The average molecular weight is 444 g/mol. The van der Waals surface area contributed by atoms with Gasteiger partial charge >= 0.3 is 0 Å². The van der Waals surface area contributed by atoms with Crippen LogP contribution >= 0.6 is 0 Å². The number of anilines is 2. The Morgan fingerprint density at radius 2 is 1.65 bits per heavy atom. The van der Waals surface area contributed by atoms with Crippen LogP contribution in [0.25, 0.3) is 0 Å². The molecule has 0 aliphatic rings. The summed E-state index contributed by atoms with van der Waals surface area (Å²) < 4.78 is 51.9. The van der Waals surface area contributed by atoms with Gasteiger partial charge in [-0.25, -0.2) is 12.8 Å². The van der Waals surface area contributed by atoms with Gasteiger partial charge in [0.05, 0.1) is 25.6 Å². The highest BCUT2D eigenvalue weighted by Crippen LogP contribution is 2.30. The number of methoxy groups -OCH3 is 2. The molecule has 9 heteroatoms. The molecule has 0 saturated carbocycles. The summed E-state index contributed by atoms with van der Waals surface area (Å²) in [7, 11) is -1.42. The van der Waals surface area contributed by atoms with E-state index in [2.05, 4.69) is 5.32 Å². The van der Waals surface area contributed by atoms with E-state index in [4.69, 9.17) is 9.47 Å². The number of rotatable bonds is 8. The highest BCUT2D eigenvalue weighted by atomic mass is 32.2. The number of carbonyl (C=O) groups is 1. The smallest absolute Gasteiger partial charge is 0.267 e. The predicted molar refractivity (Wildman–Crippen MR) is 116 cm³/mol. The molecule has 0 bridgehead atoms. The molecule has 0 heterocycles. The largest absolute Gasteiger partial charge is 0.497 e. The Morgan fingerprint density at radius 1 is 0.968 bits per heavy atom. The second-order valence-corrected chi connectivity index (χ2v) is 8.22. The quantitative estimate of drug-likeness (QED) is 0.573. The Hall–Kier alpha value is -3.59. The summed E-state index contributed by atoms with van der Waals surface area (Å²) in [5, 5.41) is 2.63. The molecule has 0 saturated heterocycles. The first kappa shape index (κ1) is 22.1. The van der Waals surface area contributed by atoms with Crippen molar-refractivity contribution in [2.24, 2.45) is 0 Å². The maximum atomic E-state index is 14.3. The van der Waals surface area contributed by atoms with Gasteiger partial charge in [0.15, 0.2) is 0 Å². The van der Waals surface area contributed by atoms with E-state index >= 15 is 0 Å².